The van der Waals surface area contributed by atoms with Crippen LogP contribution in [-0.2, 0) is 4.79 Å². The molecule has 1 saturated heterocycles. The van der Waals surface area contributed by atoms with Gasteiger partial charge in [0.05, 0.1) is 6.04 Å². The molecule has 4 rings (SSSR count). The second-order valence-corrected chi connectivity index (χ2v) is 8.09. The number of aromatic nitrogens is 2. The maximum absolute atomic E-state index is 12.5. The van der Waals surface area contributed by atoms with Crippen molar-refractivity contribution in [2.45, 2.75) is 19.9 Å². The van der Waals surface area contributed by atoms with Crippen LogP contribution in [0.2, 0.25) is 5.02 Å². The molecule has 0 saturated carbocycles. The minimum atomic E-state index is -0.0262. The van der Waals surface area contributed by atoms with Gasteiger partial charge >= 0.3 is 0 Å². The molecule has 1 atom stereocenters. The lowest BCUT2D eigenvalue weighted by molar-refractivity contribution is -0.135. The summed E-state index contributed by atoms with van der Waals surface area (Å²) >= 11 is 5.87. The van der Waals surface area contributed by atoms with E-state index in [1.54, 1.807) is 24.3 Å². The monoisotopic (exact) mass is 440 g/mol. The Labute approximate surface area is 186 Å². The summed E-state index contributed by atoms with van der Waals surface area (Å²) in [7, 11) is 0. The fraction of sp³-hybridized carbons (Fsp3) is 0.348. The van der Waals surface area contributed by atoms with Gasteiger partial charge in [-0.25, -0.2) is 0 Å². The van der Waals surface area contributed by atoms with Crippen molar-refractivity contribution < 1.29 is 14.1 Å². The van der Waals surface area contributed by atoms with E-state index in [2.05, 4.69) is 15.0 Å². The van der Waals surface area contributed by atoms with E-state index in [4.69, 9.17) is 20.9 Å². The number of benzene rings is 2. The summed E-state index contributed by atoms with van der Waals surface area (Å²) in [6.07, 6.45) is 0. The lowest BCUT2D eigenvalue weighted by atomic mass is 10.1. The molecule has 0 aliphatic carbocycles. The van der Waals surface area contributed by atoms with Crippen molar-refractivity contribution in [3.8, 4) is 17.1 Å². The van der Waals surface area contributed by atoms with Crippen LogP contribution in [0.5, 0.6) is 5.75 Å². The summed E-state index contributed by atoms with van der Waals surface area (Å²) in [5.74, 6) is 1.78. The fourth-order valence-electron chi connectivity index (χ4n) is 3.51. The third-order valence-electron chi connectivity index (χ3n) is 5.50. The van der Waals surface area contributed by atoms with E-state index in [-0.39, 0.29) is 18.6 Å². The van der Waals surface area contributed by atoms with E-state index < -0.39 is 0 Å². The highest BCUT2D eigenvalue weighted by Gasteiger charge is 2.28. The molecule has 1 unspecified atom stereocenters. The highest BCUT2D eigenvalue weighted by Crippen LogP contribution is 2.24. The van der Waals surface area contributed by atoms with E-state index in [0.29, 0.717) is 35.6 Å². The zero-order chi connectivity index (χ0) is 21.8. The second-order valence-electron chi connectivity index (χ2n) is 7.66. The molecule has 162 valence electrons. The Kier molecular flexibility index (Phi) is 6.53. The number of hydrogen-bond acceptors (Lipinski definition) is 6. The van der Waals surface area contributed by atoms with Crippen LogP contribution < -0.4 is 4.74 Å². The van der Waals surface area contributed by atoms with Crippen molar-refractivity contribution in [3.05, 3.63) is 65.0 Å². The van der Waals surface area contributed by atoms with Gasteiger partial charge in [0, 0.05) is 36.8 Å². The normalized spacial score (nSPS) is 15.6. The maximum Gasteiger partial charge on any atom is 0.260 e. The number of ether oxygens (including phenoxy) is 1. The number of piperazine rings is 1. The van der Waals surface area contributed by atoms with Crippen molar-refractivity contribution in [2.24, 2.45) is 0 Å². The number of carbonyl (C=O) groups is 1. The molecule has 8 heteroatoms. The highest BCUT2D eigenvalue weighted by atomic mass is 35.5. The van der Waals surface area contributed by atoms with Crippen LogP contribution in [0.25, 0.3) is 11.4 Å². The van der Waals surface area contributed by atoms with Crippen LogP contribution in [0.4, 0.5) is 0 Å². The van der Waals surface area contributed by atoms with Gasteiger partial charge in [0.1, 0.15) is 5.75 Å². The minimum absolute atomic E-state index is 0.0146. The predicted molar refractivity (Wildman–Crippen MR) is 118 cm³/mol. The molecular formula is C23H25ClN4O3. The van der Waals surface area contributed by atoms with Crippen LogP contribution >= 0.6 is 11.6 Å². The predicted octanol–water partition coefficient (Wildman–Crippen LogP) is 3.98. The van der Waals surface area contributed by atoms with Crippen molar-refractivity contribution >= 4 is 17.5 Å². The summed E-state index contributed by atoms with van der Waals surface area (Å²) in [5.41, 5.74) is 2.12. The van der Waals surface area contributed by atoms with Crippen LogP contribution in [0.15, 0.2) is 53.1 Å². The first-order valence-electron chi connectivity index (χ1n) is 10.3. The summed E-state index contributed by atoms with van der Waals surface area (Å²) in [4.78, 5) is 21.1. The number of nitrogens with zero attached hydrogens (tertiary/aromatic N) is 4. The lowest BCUT2D eigenvalue weighted by Gasteiger charge is -2.36. The van der Waals surface area contributed by atoms with E-state index in [0.717, 1.165) is 18.7 Å². The molecular weight excluding hydrogens is 416 g/mol. The SMILES string of the molecule is Cc1ccc(-c2noc(C(C)N3CCN(C(=O)COc4ccc(Cl)cc4)CC3)n2)cc1. The summed E-state index contributed by atoms with van der Waals surface area (Å²) in [5, 5.41) is 4.77. The Balaban J connectivity index is 1.28. The Morgan fingerprint density at radius 1 is 1.10 bits per heavy atom. The number of carbonyl (C=O) groups excluding carboxylic acids is 1. The molecule has 0 spiro atoms. The fourth-order valence-corrected chi connectivity index (χ4v) is 3.63. The average Bonchev–Trinajstić information content (AvgIpc) is 3.29. The molecule has 1 fully saturated rings. The van der Waals surface area contributed by atoms with Gasteiger partial charge in [0.2, 0.25) is 11.7 Å². The molecule has 0 N–H and O–H groups in total. The second kappa shape index (κ2) is 9.49. The molecule has 3 aromatic rings. The van der Waals surface area contributed by atoms with Crippen molar-refractivity contribution in [2.75, 3.05) is 32.8 Å². The highest BCUT2D eigenvalue weighted by molar-refractivity contribution is 6.30. The van der Waals surface area contributed by atoms with Crippen LogP contribution in [0, 0.1) is 6.92 Å². The molecule has 1 aliphatic rings. The Hall–Kier alpha value is -2.90. The summed E-state index contributed by atoms with van der Waals surface area (Å²) < 4.78 is 11.1. The molecule has 0 radical (unpaired) electrons. The van der Waals surface area contributed by atoms with Gasteiger partial charge in [0.15, 0.2) is 6.61 Å². The van der Waals surface area contributed by atoms with Crippen LogP contribution in [0.1, 0.15) is 24.4 Å². The molecule has 7 nitrogen and oxygen atoms in total. The molecule has 2 aromatic carbocycles. The average molecular weight is 441 g/mol. The van der Waals surface area contributed by atoms with Crippen LogP contribution in [0.3, 0.4) is 0 Å². The lowest BCUT2D eigenvalue weighted by Crippen LogP contribution is -2.50. The molecule has 2 heterocycles. The molecule has 31 heavy (non-hydrogen) atoms. The smallest absolute Gasteiger partial charge is 0.260 e. The van der Waals surface area contributed by atoms with Gasteiger partial charge in [-0.3, -0.25) is 9.69 Å². The topological polar surface area (TPSA) is 71.7 Å². The first-order chi connectivity index (χ1) is 15.0. The first-order valence-corrected chi connectivity index (χ1v) is 10.7. The van der Waals surface area contributed by atoms with Crippen molar-refractivity contribution in [1.82, 2.24) is 19.9 Å². The molecule has 1 aliphatic heterocycles. The number of rotatable bonds is 6. The summed E-state index contributed by atoms with van der Waals surface area (Å²) in [6.45, 7) is 6.83. The standard InChI is InChI=1S/C23H25ClN4O3/c1-16-3-5-18(6-4-16)22-25-23(31-26-22)17(2)27-11-13-28(14-12-27)21(29)15-30-20-9-7-19(24)8-10-20/h3-10,17H,11-15H2,1-2H3. The third kappa shape index (κ3) is 5.24. The molecule has 1 amide bonds. The van der Waals surface area contributed by atoms with E-state index in [1.807, 2.05) is 43.0 Å². The number of hydrogen-bond donors (Lipinski definition) is 0. The third-order valence-corrected chi connectivity index (χ3v) is 5.75. The summed E-state index contributed by atoms with van der Waals surface area (Å²) in [6, 6.07) is 15.0. The number of aryl methyl sites for hydroxylation is 1. The van der Waals surface area contributed by atoms with Gasteiger partial charge in [0.25, 0.3) is 5.91 Å². The zero-order valence-corrected chi connectivity index (χ0v) is 18.4. The van der Waals surface area contributed by atoms with Crippen molar-refractivity contribution in [1.29, 1.82) is 0 Å². The van der Waals surface area contributed by atoms with Crippen molar-refractivity contribution in [3.63, 3.8) is 0 Å². The van der Waals surface area contributed by atoms with E-state index in [1.165, 1.54) is 5.56 Å². The molecule has 1 aromatic heterocycles. The number of amides is 1. The van der Waals surface area contributed by atoms with E-state index >= 15 is 0 Å². The van der Waals surface area contributed by atoms with Gasteiger partial charge in [-0.1, -0.05) is 46.6 Å². The first kappa shape index (κ1) is 21.3. The van der Waals surface area contributed by atoms with Gasteiger partial charge < -0.3 is 14.2 Å². The Morgan fingerprint density at radius 2 is 1.77 bits per heavy atom. The Morgan fingerprint density at radius 3 is 2.45 bits per heavy atom. The van der Waals surface area contributed by atoms with Gasteiger partial charge in [-0.15, -0.1) is 0 Å². The van der Waals surface area contributed by atoms with Gasteiger partial charge in [-0.05, 0) is 38.1 Å². The quantitative estimate of drug-likeness (QED) is 0.577. The van der Waals surface area contributed by atoms with Gasteiger partial charge in [-0.2, -0.15) is 4.98 Å². The van der Waals surface area contributed by atoms with E-state index in [9.17, 15) is 4.79 Å². The largest absolute Gasteiger partial charge is 0.484 e. The minimum Gasteiger partial charge on any atom is -0.484 e. The Bertz CT molecular complexity index is 1010. The van der Waals surface area contributed by atoms with Crippen LogP contribution in [-0.4, -0.2) is 58.6 Å². The molecule has 0 bridgehead atoms. The zero-order valence-electron chi connectivity index (χ0n) is 17.6. The maximum atomic E-state index is 12.5. The number of halogens is 1.